The third-order valence-corrected chi connectivity index (χ3v) is 2.85. The van der Waals surface area contributed by atoms with Gasteiger partial charge >= 0.3 is 5.97 Å². The molecule has 0 saturated heterocycles. The molecule has 0 bridgehead atoms. The molecule has 0 heterocycles. The highest BCUT2D eigenvalue weighted by molar-refractivity contribution is 6.17. The Kier molecular flexibility index (Phi) is 5.83. The summed E-state index contributed by atoms with van der Waals surface area (Å²) < 4.78 is 5.07. The number of carboxylic acids is 1. The van der Waals surface area contributed by atoms with Crippen LogP contribution >= 0.6 is 11.6 Å². The Morgan fingerprint density at radius 1 is 1.53 bits per heavy atom. The van der Waals surface area contributed by atoms with Crippen molar-refractivity contribution in [3.05, 3.63) is 29.3 Å². The minimum Gasteiger partial charge on any atom is -0.497 e. The Morgan fingerprint density at radius 3 is 2.68 bits per heavy atom. The predicted molar refractivity (Wildman–Crippen MR) is 73.3 cm³/mol. The maximum Gasteiger partial charge on any atom is 0.303 e. The van der Waals surface area contributed by atoms with E-state index in [2.05, 4.69) is 0 Å². The molecular weight excluding hydrogens is 268 g/mol. The number of alkyl halides is 1. The largest absolute Gasteiger partial charge is 0.497 e. The van der Waals surface area contributed by atoms with E-state index in [0.29, 0.717) is 11.3 Å². The number of ether oxygens (including phenoxy) is 1. The zero-order valence-corrected chi connectivity index (χ0v) is 11.7. The van der Waals surface area contributed by atoms with Crippen LogP contribution < -0.4 is 4.74 Å². The van der Waals surface area contributed by atoms with Crippen LogP contribution in [0.5, 0.6) is 5.75 Å². The van der Waals surface area contributed by atoms with Gasteiger partial charge in [0, 0.05) is 23.8 Å². The third kappa shape index (κ3) is 3.96. The van der Waals surface area contributed by atoms with Gasteiger partial charge in [0.25, 0.3) is 0 Å². The van der Waals surface area contributed by atoms with E-state index in [1.165, 1.54) is 0 Å². The molecule has 0 aromatic heterocycles. The number of aliphatic carboxylic acids is 1. The highest BCUT2D eigenvalue weighted by Gasteiger charge is 2.30. The smallest absolute Gasteiger partial charge is 0.303 e. The van der Waals surface area contributed by atoms with Gasteiger partial charge in [-0.1, -0.05) is 6.92 Å². The first-order chi connectivity index (χ1) is 9.03. The van der Waals surface area contributed by atoms with Crippen molar-refractivity contribution >= 4 is 23.4 Å². The Hall–Kier alpha value is -1.55. The van der Waals surface area contributed by atoms with Crippen molar-refractivity contribution in [2.24, 2.45) is 0 Å². The topological polar surface area (TPSA) is 63.6 Å². The minimum absolute atomic E-state index is 0.00803. The lowest BCUT2D eigenvalue weighted by atomic mass is 9.98. The Bertz CT molecular complexity index is 469. The van der Waals surface area contributed by atoms with Gasteiger partial charge in [-0.3, -0.25) is 9.59 Å². The highest BCUT2D eigenvalue weighted by atomic mass is 35.5. The van der Waals surface area contributed by atoms with Crippen LogP contribution in [0.2, 0.25) is 0 Å². The highest BCUT2D eigenvalue weighted by Crippen LogP contribution is 2.37. The zero-order chi connectivity index (χ0) is 14.4. The number of benzene rings is 1. The fourth-order valence-corrected chi connectivity index (χ4v) is 2.10. The molecule has 1 atom stereocenters. The van der Waals surface area contributed by atoms with Gasteiger partial charge < -0.3 is 9.84 Å². The number of carbonyl (C=O) groups excluding carboxylic acids is 1. The van der Waals surface area contributed by atoms with E-state index in [9.17, 15) is 9.59 Å². The molecule has 1 aromatic carbocycles. The normalized spacial score (nSPS) is 16.4. The molecule has 1 aromatic rings. The van der Waals surface area contributed by atoms with Gasteiger partial charge in [-0.2, -0.15) is 0 Å². The summed E-state index contributed by atoms with van der Waals surface area (Å²) in [5.74, 6) is 0.302. The average molecular weight is 285 g/mol. The molecule has 0 aliphatic heterocycles. The second kappa shape index (κ2) is 7.14. The maximum atomic E-state index is 11.6. The Labute approximate surface area is 117 Å². The summed E-state index contributed by atoms with van der Waals surface area (Å²) in [5.41, 5.74) is 1.43. The van der Waals surface area contributed by atoms with E-state index < -0.39 is 5.97 Å². The lowest BCUT2D eigenvalue weighted by molar-refractivity contribution is -0.137. The van der Waals surface area contributed by atoms with Gasteiger partial charge in [0.1, 0.15) is 5.75 Å². The number of rotatable bonds is 3. The maximum absolute atomic E-state index is 11.6. The summed E-state index contributed by atoms with van der Waals surface area (Å²) >= 11 is 5.00. The van der Waals surface area contributed by atoms with Crippen molar-refractivity contribution < 1.29 is 19.4 Å². The molecule has 19 heavy (non-hydrogen) atoms. The van der Waals surface area contributed by atoms with Crippen LogP contribution in [0.25, 0.3) is 0 Å². The molecular formula is C14H17ClO4. The second-order valence-corrected chi connectivity index (χ2v) is 4.68. The second-order valence-electron chi connectivity index (χ2n) is 4.14. The summed E-state index contributed by atoms with van der Waals surface area (Å²) in [5, 5.41) is 8.77. The van der Waals surface area contributed by atoms with Crippen molar-refractivity contribution in [1.82, 2.24) is 0 Å². The Balaban J connectivity index is 0.000000550. The van der Waals surface area contributed by atoms with Crippen LogP contribution in [0.15, 0.2) is 18.2 Å². The van der Waals surface area contributed by atoms with Gasteiger partial charge in [0.15, 0.2) is 5.78 Å². The lowest BCUT2D eigenvalue weighted by Gasteiger charge is -2.08. The zero-order valence-electron chi connectivity index (χ0n) is 11.0. The number of hydrogen-bond donors (Lipinski definition) is 1. The van der Waals surface area contributed by atoms with E-state index in [-0.39, 0.29) is 24.5 Å². The van der Waals surface area contributed by atoms with Crippen molar-refractivity contribution in [3.8, 4) is 5.75 Å². The molecule has 104 valence electrons. The monoisotopic (exact) mass is 284 g/mol. The molecule has 0 amide bonds. The number of carbonyl (C=O) groups is 2. The molecule has 2 rings (SSSR count). The molecule has 0 radical (unpaired) electrons. The van der Waals surface area contributed by atoms with E-state index in [1.54, 1.807) is 25.3 Å². The van der Waals surface area contributed by atoms with Crippen LogP contribution in [0.4, 0.5) is 0 Å². The molecule has 1 unspecified atom stereocenters. The predicted octanol–water partition coefficient (Wildman–Crippen LogP) is 3.09. The van der Waals surface area contributed by atoms with Crippen LogP contribution in [0, 0.1) is 0 Å². The summed E-state index contributed by atoms with van der Waals surface area (Å²) in [6.45, 7) is 1.89. The van der Waals surface area contributed by atoms with Crippen LogP contribution in [-0.2, 0) is 4.79 Å². The van der Waals surface area contributed by atoms with Gasteiger partial charge in [-0.15, -0.1) is 11.6 Å². The fourth-order valence-electron chi connectivity index (χ4n) is 2.10. The van der Waals surface area contributed by atoms with Gasteiger partial charge in [-0.05, 0) is 23.8 Å². The molecule has 5 heteroatoms. The molecule has 0 saturated carbocycles. The number of Topliss-reactive ketones (excluding diaryl/α,β-unsaturated/α-hetero) is 1. The van der Waals surface area contributed by atoms with Gasteiger partial charge in [0.05, 0.1) is 13.5 Å². The van der Waals surface area contributed by atoms with Crippen molar-refractivity contribution in [3.63, 3.8) is 0 Å². The van der Waals surface area contributed by atoms with Crippen LogP contribution in [0.1, 0.15) is 41.6 Å². The first kappa shape index (κ1) is 15.5. The van der Waals surface area contributed by atoms with Crippen molar-refractivity contribution in [2.75, 3.05) is 13.0 Å². The number of methoxy groups -OCH3 is 1. The van der Waals surface area contributed by atoms with E-state index in [0.717, 1.165) is 11.4 Å². The van der Waals surface area contributed by atoms with Crippen LogP contribution in [-0.4, -0.2) is 29.8 Å². The third-order valence-electron chi connectivity index (χ3n) is 2.85. The number of ketones is 1. The van der Waals surface area contributed by atoms with Crippen molar-refractivity contribution in [2.45, 2.75) is 25.7 Å². The minimum atomic E-state index is -0.881. The fraction of sp³-hybridized carbons (Fsp3) is 0.429. The van der Waals surface area contributed by atoms with Crippen molar-refractivity contribution in [1.29, 1.82) is 0 Å². The Morgan fingerprint density at radius 2 is 2.16 bits per heavy atom. The molecule has 1 N–H and O–H groups in total. The van der Waals surface area contributed by atoms with Crippen LogP contribution in [0.3, 0.4) is 0 Å². The first-order valence-electron chi connectivity index (χ1n) is 6.02. The molecule has 0 spiro atoms. The average Bonchev–Trinajstić information content (AvgIpc) is 2.66. The number of fused-ring (bicyclic) bond motifs is 1. The molecule has 1 aliphatic carbocycles. The molecule has 4 nitrogen and oxygen atoms in total. The van der Waals surface area contributed by atoms with E-state index in [4.69, 9.17) is 21.4 Å². The standard InChI is InChI=1S/C12H12O4.C2H5Cl/c1-16-8-2-3-9-10(6-8)7(4-11(9)13)5-12(14)15;1-2-3/h2-3,6-7H,4-5H2,1H3,(H,14,15);2H2,1H3. The summed E-state index contributed by atoms with van der Waals surface area (Å²) in [4.78, 5) is 22.3. The molecule has 1 aliphatic rings. The number of hydrogen-bond acceptors (Lipinski definition) is 3. The van der Waals surface area contributed by atoms with Gasteiger partial charge in [0.2, 0.25) is 0 Å². The summed E-state index contributed by atoms with van der Waals surface area (Å²) in [6, 6.07) is 5.19. The number of carboxylic acid groups (broad SMARTS) is 1. The SMILES string of the molecule is CCCl.COc1ccc2c(c1)C(CC(=O)O)CC2=O. The summed E-state index contributed by atoms with van der Waals surface area (Å²) in [6.07, 6.45) is 0.278. The molecule has 0 fully saturated rings. The quantitative estimate of drug-likeness (QED) is 0.866. The lowest BCUT2D eigenvalue weighted by Crippen LogP contribution is -2.03. The van der Waals surface area contributed by atoms with Gasteiger partial charge in [-0.25, -0.2) is 0 Å². The number of halogens is 1. The van der Waals surface area contributed by atoms with E-state index >= 15 is 0 Å². The summed E-state index contributed by atoms with van der Waals surface area (Å²) in [7, 11) is 1.55. The van der Waals surface area contributed by atoms with E-state index in [1.807, 2.05) is 6.92 Å². The first-order valence-corrected chi connectivity index (χ1v) is 6.55.